The maximum Gasteiger partial charge on any atom is 0.400 e. The van der Waals surface area contributed by atoms with Crippen molar-refractivity contribution in [2.24, 2.45) is 16.2 Å². The van der Waals surface area contributed by atoms with Gasteiger partial charge in [-0.2, -0.15) is 13.2 Å². The van der Waals surface area contributed by atoms with Crippen LogP contribution in [0.1, 0.15) is 26.7 Å². The number of aliphatic hydroxyl groups excluding tert-OH is 1. The number of carboxylic acids is 2. The van der Waals surface area contributed by atoms with Crippen LogP contribution in [0.4, 0.5) is 13.2 Å². The van der Waals surface area contributed by atoms with Crippen molar-refractivity contribution in [3.63, 3.8) is 0 Å². The molecule has 20 heavy (non-hydrogen) atoms. The number of alkyl halides is 3. The number of aliphatic carboxylic acids is 2. The van der Waals surface area contributed by atoms with Crippen LogP contribution in [0.15, 0.2) is 12.3 Å². The van der Waals surface area contributed by atoms with E-state index in [-0.39, 0.29) is 0 Å². The van der Waals surface area contributed by atoms with Gasteiger partial charge in [0.15, 0.2) is 0 Å². The second-order valence-electron chi connectivity index (χ2n) is 5.39. The van der Waals surface area contributed by atoms with Crippen molar-refractivity contribution in [2.45, 2.75) is 32.9 Å². The van der Waals surface area contributed by atoms with Gasteiger partial charge >= 0.3 is 6.18 Å². The van der Waals surface area contributed by atoms with E-state index in [0.717, 1.165) is 13.8 Å². The highest BCUT2D eigenvalue weighted by Crippen LogP contribution is 2.68. The number of carboxylic acid groups (broad SMARTS) is 2. The summed E-state index contributed by atoms with van der Waals surface area (Å²) < 4.78 is 39.9. The third kappa shape index (κ3) is 1.63. The van der Waals surface area contributed by atoms with Crippen LogP contribution < -0.4 is 10.2 Å². The average molecular weight is 294 g/mol. The maximum absolute atomic E-state index is 13.3. The van der Waals surface area contributed by atoms with E-state index in [1.165, 1.54) is 0 Å². The van der Waals surface area contributed by atoms with Gasteiger partial charge in [-0.1, -0.05) is 13.8 Å². The Bertz CT molecular complexity index is 468. The lowest BCUT2D eigenvalue weighted by Gasteiger charge is -2.50. The zero-order valence-corrected chi connectivity index (χ0v) is 10.8. The third-order valence-corrected chi connectivity index (χ3v) is 4.63. The molecule has 8 heteroatoms. The smallest absolute Gasteiger partial charge is 0.400 e. The molecule has 0 radical (unpaired) electrons. The zero-order valence-electron chi connectivity index (χ0n) is 10.8. The van der Waals surface area contributed by atoms with Crippen LogP contribution in [0.3, 0.4) is 0 Å². The zero-order chi connectivity index (χ0) is 16.0. The molecule has 1 aliphatic carbocycles. The molecule has 1 saturated carbocycles. The molecule has 114 valence electrons. The van der Waals surface area contributed by atoms with Gasteiger partial charge in [-0.3, -0.25) is 0 Å². The number of hydrogen-bond donors (Lipinski definition) is 1. The summed E-state index contributed by atoms with van der Waals surface area (Å²) in [6.07, 6.45) is -5.87. The van der Waals surface area contributed by atoms with Crippen molar-refractivity contribution in [1.29, 1.82) is 0 Å². The molecular formula is C12H13F3O5-2. The molecule has 0 saturated heterocycles. The standard InChI is InChI=1S/C12H15F3O5/c1-9(2)10(5-6-16,7(17)18)3-4-11(9,8(19)20)12(13,14)15/h5-6,16H,3-4H2,1-2H3,(H,17,18)(H,19,20)/p-2. The van der Waals surface area contributed by atoms with E-state index in [1.807, 2.05) is 0 Å². The summed E-state index contributed by atoms with van der Waals surface area (Å²) in [4.78, 5) is 22.5. The molecule has 5 nitrogen and oxygen atoms in total. The lowest BCUT2D eigenvalue weighted by molar-refractivity contribution is -0.358. The minimum atomic E-state index is -5.20. The molecule has 0 heterocycles. The molecule has 0 aliphatic heterocycles. The van der Waals surface area contributed by atoms with Crippen molar-refractivity contribution in [3.05, 3.63) is 12.3 Å². The Kier molecular flexibility index (Phi) is 3.58. The minimum Gasteiger partial charge on any atom is -0.549 e. The molecule has 2 atom stereocenters. The van der Waals surface area contributed by atoms with Gasteiger partial charge < -0.3 is 24.9 Å². The molecule has 1 fully saturated rings. The maximum atomic E-state index is 13.3. The summed E-state index contributed by atoms with van der Waals surface area (Å²) in [6, 6.07) is 0. The van der Waals surface area contributed by atoms with Gasteiger partial charge in [0.2, 0.25) is 0 Å². The van der Waals surface area contributed by atoms with Crippen molar-refractivity contribution in [2.75, 3.05) is 0 Å². The Balaban J connectivity index is 3.65. The molecule has 2 unspecified atom stereocenters. The Morgan fingerprint density at radius 2 is 1.65 bits per heavy atom. The highest BCUT2D eigenvalue weighted by molar-refractivity contribution is 5.83. The highest BCUT2D eigenvalue weighted by Gasteiger charge is 2.73. The van der Waals surface area contributed by atoms with Crippen molar-refractivity contribution < 1.29 is 38.1 Å². The van der Waals surface area contributed by atoms with Crippen molar-refractivity contribution in [3.8, 4) is 0 Å². The van der Waals surface area contributed by atoms with Crippen LogP contribution in [0, 0.1) is 16.2 Å². The molecule has 1 aliphatic rings. The van der Waals surface area contributed by atoms with E-state index in [1.54, 1.807) is 0 Å². The predicted molar refractivity (Wildman–Crippen MR) is 55.7 cm³/mol. The first kappa shape index (κ1) is 16.3. The van der Waals surface area contributed by atoms with Gasteiger partial charge in [-0.05, 0) is 24.3 Å². The molecule has 0 bridgehead atoms. The van der Waals surface area contributed by atoms with E-state index < -0.39 is 47.2 Å². The number of carbonyl (C=O) groups excluding carboxylic acids is 2. The molecular weight excluding hydrogens is 281 g/mol. The molecule has 0 amide bonds. The number of carbonyl (C=O) groups is 2. The SMILES string of the molecule is CC1(C)C(C=CO)(C(=O)[O-])CCC1(C(=O)[O-])C(F)(F)F. The number of halogens is 3. The summed E-state index contributed by atoms with van der Waals surface area (Å²) in [5.41, 5.74) is -7.88. The van der Waals surface area contributed by atoms with Crippen LogP contribution in [0.5, 0.6) is 0 Å². The second kappa shape index (κ2) is 4.39. The molecule has 0 spiro atoms. The Hall–Kier alpha value is -1.73. The van der Waals surface area contributed by atoms with Crippen LogP contribution >= 0.6 is 0 Å². The van der Waals surface area contributed by atoms with Gasteiger partial charge in [0.25, 0.3) is 0 Å². The Morgan fingerprint density at radius 1 is 1.15 bits per heavy atom. The first-order chi connectivity index (χ1) is 8.90. The summed E-state index contributed by atoms with van der Waals surface area (Å²) in [5, 5.41) is 31.3. The third-order valence-electron chi connectivity index (χ3n) is 4.63. The van der Waals surface area contributed by atoms with Crippen molar-refractivity contribution in [1.82, 2.24) is 0 Å². The topological polar surface area (TPSA) is 100 Å². The van der Waals surface area contributed by atoms with E-state index in [9.17, 15) is 33.0 Å². The van der Waals surface area contributed by atoms with Gasteiger partial charge in [-0.15, -0.1) is 0 Å². The van der Waals surface area contributed by atoms with Gasteiger partial charge in [0.05, 0.1) is 18.2 Å². The lowest BCUT2D eigenvalue weighted by Crippen LogP contribution is -2.62. The quantitative estimate of drug-likeness (QED) is 0.733. The minimum absolute atomic E-state index is 0.291. The first-order valence-electron chi connectivity index (χ1n) is 5.72. The van der Waals surface area contributed by atoms with Gasteiger partial charge in [0.1, 0.15) is 5.41 Å². The van der Waals surface area contributed by atoms with E-state index in [4.69, 9.17) is 5.11 Å². The lowest BCUT2D eigenvalue weighted by atomic mass is 9.57. The number of aliphatic hydroxyl groups is 1. The summed E-state index contributed by atoms with van der Waals surface area (Å²) >= 11 is 0. The molecule has 0 aromatic heterocycles. The van der Waals surface area contributed by atoms with Crippen LogP contribution in [0.25, 0.3) is 0 Å². The molecule has 0 aromatic carbocycles. The van der Waals surface area contributed by atoms with Gasteiger partial charge in [0, 0.05) is 5.41 Å². The molecule has 0 aromatic rings. The fourth-order valence-electron chi connectivity index (χ4n) is 3.20. The fraction of sp³-hybridized carbons (Fsp3) is 0.667. The summed E-state index contributed by atoms with van der Waals surface area (Å²) in [5.74, 6) is -4.26. The summed E-state index contributed by atoms with van der Waals surface area (Å²) in [7, 11) is 0. The van der Waals surface area contributed by atoms with Crippen molar-refractivity contribution >= 4 is 11.9 Å². The predicted octanol–water partition coefficient (Wildman–Crippen LogP) is -0.0870. The number of rotatable bonds is 3. The fourth-order valence-corrected chi connectivity index (χ4v) is 3.20. The van der Waals surface area contributed by atoms with E-state index >= 15 is 0 Å². The van der Waals surface area contributed by atoms with E-state index in [2.05, 4.69) is 0 Å². The van der Waals surface area contributed by atoms with E-state index in [0.29, 0.717) is 12.3 Å². The van der Waals surface area contributed by atoms with Crippen LogP contribution in [-0.4, -0.2) is 23.2 Å². The first-order valence-corrected chi connectivity index (χ1v) is 5.72. The summed E-state index contributed by atoms with van der Waals surface area (Å²) in [6.45, 7) is 1.75. The monoisotopic (exact) mass is 294 g/mol. The van der Waals surface area contributed by atoms with Gasteiger partial charge in [-0.25, -0.2) is 0 Å². The van der Waals surface area contributed by atoms with Crippen LogP contribution in [0.2, 0.25) is 0 Å². The van der Waals surface area contributed by atoms with Crippen LogP contribution in [-0.2, 0) is 9.59 Å². The molecule has 1 N–H and O–H groups in total. The highest BCUT2D eigenvalue weighted by atomic mass is 19.4. The Morgan fingerprint density at radius 3 is 1.90 bits per heavy atom. The largest absolute Gasteiger partial charge is 0.549 e. The number of hydrogen-bond acceptors (Lipinski definition) is 5. The normalized spacial score (nSPS) is 33.5. The average Bonchev–Trinajstić information content (AvgIpc) is 2.48. The Labute approximate surface area is 112 Å². The molecule has 1 rings (SSSR count). The second-order valence-corrected chi connectivity index (χ2v) is 5.39.